The Labute approximate surface area is 146 Å². The number of hydrogen-bond donors (Lipinski definition) is 1. The van der Waals surface area contributed by atoms with E-state index < -0.39 is 0 Å². The summed E-state index contributed by atoms with van der Waals surface area (Å²) in [6, 6.07) is 20.4. The van der Waals surface area contributed by atoms with E-state index >= 15 is 0 Å². The molecule has 5 rings (SSSR count). The van der Waals surface area contributed by atoms with Crippen LogP contribution in [0.1, 0.15) is 23.7 Å². The van der Waals surface area contributed by atoms with Crippen LogP contribution in [0.4, 0.5) is 0 Å². The van der Waals surface area contributed by atoms with Crippen LogP contribution in [-0.2, 0) is 18.9 Å². The smallest absolute Gasteiger partial charge is 0.184 e. The molecule has 3 heterocycles. The molecular formula is C20H21NO4. The van der Waals surface area contributed by atoms with Crippen molar-refractivity contribution in [2.24, 2.45) is 0 Å². The zero-order valence-electron chi connectivity index (χ0n) is 13.8. The summed E-state index contributed by atoms with van der Waals surface area (Å²) in [7, 11) is 0. The van der Waals surface area contributed by atoms with Crippen LogP contribution in [0.2, 0.25) is 0 Å². The molecule has 2 aromatic rings. The first-order chi connectivity index (χ1) is 12.4. The maximum absolute atomic E-state index is 6.28. The summed E-state index contributed by atoms with van der Waals surface area (Å²) in [4.78, 5) is 0. The molecule has 3 aliphatic rings. The number of fused-ring (bicyclic) bond motifs is 3. The summed E-state index contributed by atoms with van der Waals surface area (Å²) in [5, 5.41) is 3.54. The lowest BCUT2D eigenvalue weighted by Gasteiger charge is -2.37. The normalized spacial score (nSPS) is 37.3. The van der Waals surface area contributed by atoms with Crippen LogP contribution in [0, 0.1) is 0 Å². The van der Waals surface area contributed by atoms with Crippen LogP contribution in [0.5, 0.6) is 0 Å². The Kier molecular flexibility index (Phi) is 4.04. The van der Waals surface area contributed by atoms with Gasteiger partial charge in [0.1, 0.15) is 12.2 Å². The highest BCUT2D eigenvalue weighted by atomic mass is 16.7. The van der Waals surface area contributed by atoms with Gasteiger partial charge >= 0.3 is 0 Å². The molecule has 0 aliphatic carbocycles. The molecule has 5 nitrogen and oxygen atoms in total. The first kappa shape index (κ1) is 15.5. The van der Waals surface area contributed by atoms with Crippen molar-refractivity contribution in [3.05, 3.63) is 71.8 Å². The summed E-state index contributed by atoms with van der Waals surface area (Å²) >= 11 is 0. The Morgan fingerprint density at radius 2 is 1.08 bits per heavy atom. The van der Waals surface area contributed by atoms with Gasteiger partial charge in [-0.25, -0.2) is 0 Å². The number of rotatable bonds is 2. The summed E-state index contributed by atoms with van der Waals surface area (Å²) in [5.74, 6) is 0. The maximum atomic E-state index is 6.28. The van der Waals surface area contributed by atoms with Crippen molar-refractivity contribution < 1.29 is 18.9 Å². The molecule has 2 aromatic carbocycles. The lowest BCUT2D eigenvalue weighted by Crippen LogP contribution is -2.47. The summed E-state index contributed by atoms with van der Waals surface area (Å²) in [6.07, 6.45) is -0.771. The van der Waals surface area contributed by atoms with Crippen LogP contribution in [0.25, 0.3) is 0 Å². The Bertz CT molecular complexity index is 649. The Balaban J connectivity index is 1.34. The summed E-state index contributed by atoms with van der Waals surface area (Å²) in [5.41, 5.74) is 2.08. The highest BCUT2D eigenvalue weighted by Crippen LogP contribution is 2.38. The van der Waals surface area contributed by atoms with Crippen molar-refractivity contribution >= 4 is 0 Å². The van der Waals surface area contributed by atoms with Crippen LogP contribution < -0.4 is 5.32 Å². The minimum absolute atomic E-state index is 0.0425. The van der Waals surface area contributed by atoms with Crippen molar-refractivity contribution in [2.45, 2.75) is 36.9 Å². The topological polar surface area (TPSA) is 49.0 Å². The van der Waals surface area contributed by atoms with Gasteiger partial charge in [0.25, 0.3) is 0 Å². The molecule has 130 valence electrons. The van der Waals surface area contributed by atoms with E-state index in [9.17, 15) is 0 Å². The molecular weight excluding hydrogens is 318 g/mol. The van der Waals surface area contributed by atoms with Gasteiger partial charge in [-0.05, 0) is 0 Å². The third kappa shape index (κ3) is 2.88. The minimum atomic E-state index is -0.343. The molecule has 1 N–H and O–H groups in total. The predicted octanol–water partition coefficient (Wildman–Crippen LogP) is 2.56. The van der Waals surface area contributed by atoms with E-state index in [0.717, 1.165) is 11.1 Å². The number of benzene rings is 2. The first-order valence-electron chi connectivity index (χ1n) is 8.78. The second-order valence-electron chi connectivity index (χ2n) is 6.73. The van der Waals surface area contributed by atoms with Gasteiger partial charge in [-0.1, -0.05) is 60.7 Å². The fourth-order valence-electron chi connectivity index (χ4n) is 3.87. The highest BCUT2D eigenvalue weighted by molar-refractivity contribution is 5.19. The minimum Gasteiger partial charge on any atom is -0.347 e. The molecule has 5 heteroatoms. The van der Waals surface area contributed by atoms with E-state index in [1.165, 1.54) is 0 Å². The van der Waals surface area contributed by atoms with E-state index in [4.69, 9.17) is 18.9 Å². The average Bonchev–Trinajstić information content (AvgIpc) is 3.06. The van der Waals surface area contributed by atoms with Crippen molar-refractivity contribution in [3.63, 3.8) is 0 Å². The van der Waals surface area contributed by atoms with E-state index in [1.807, 2.05) is 60.7 Å². The lowest BCUT2D eigenvalue weighted by molar-refractivity contribution is -0.278. The Hall–Kier alpha value is -1.76. The molecule has 0 radical (unpaired) electrons. The van der Waals surface area contributed by atoms with Crippen molar-refractivity contribution in [1.29, 1.82) is 0 Å². The summed E-state index contributed by atoms with van der Waals surface area (Å²) in [6.45, 7) is 1.22. The van der Waals surface area contributed by atoms with Gasteiger partial charge in [-0.2, -0.15) is 0 Å². The highest BCUT2D eigenvalue weighted by Gasteiger charge is 2.51. The molecule has 0 amide bonds. The maximum Gasteiger partial charge on any atom is 0.184 e. The van der Waals surface area contributed by atoms with Crippen LogP contribution in [0.15, 0.2) is 60.7 Å². The Morgan fingerprint density at radius 3 is 1.52 bits per heavy atom. The summed E-state index contributed by atoms with van der Waals surface area (Å²) < 4.78 is 24.4. The molecule has 0 spiro atoms. The SMILES string of the molecule is c1ccc(C2OCC3NC4COC(c5ccccc5)OC4C3O2)cc1. The van der Waals surface area contributed by atoms with E-state index in [1.54, 1.807) is 0 Å². The monoisotopic (exact) mass is 339 g/mol. The molecule has 3 saturated heterocycles. The largest absolute Gasteiger partial charge is 0.347 e. The van der Waals surface area contributed by atoms with Gasteiger partial charge in [0.15, 0.2) is 12.6 Å². The van der Waals surface area contributed by atoms with E-state index in [-0.39, 0.29) is 36.9 Å². The third-order valence-electron chi connectivity index (χ3n) is 5.10. The van der Waals surface area contributed by atoms with Crippen molar-refractivity contribution in [2.75, 3.05) is 13.2 Å². The standard InChI is InChI=1S/C20H21NO4/c1-3-7-13(8-4-1)19-22-11-15-17(24-19)18-16(21-15)12-23-20(25-18)14-9-5-2-6-10-14/h1-10,15-21H,11-12H2. The second-order valence-corrected chi connectivity index (χ2v) is 6.73. The molecule has 25 heavy (non-hydrogen) atoms. The quantitative estimate of drug-likeness (QED) is 0.911. The zero-order chi connectivity index (χ0) is 16.6. The van der Waals surface area contributed by atoms with Crippen LogP contribution in [-0.4, -0.2) is 37.5 Å². The van der Waals surface area contributed by atoms with Gasteiger partial charge in [0.05, 0.1) is 25.3 Å². The molecule has 3 aliphatic heterocycles. The average molecular weight is 339 g/mol. The number of hydrogen-bond acceptors (Lipinski definition) is 5. The lowest BCUT2D eigenvalue weighted by atomic mass is 10.0. The number of ether oxygens (including phenoxy) is 4. The fraction of sp³-hybridized carbons (Fsp3) is 0.400. The van der Waals surface area contributed by atoms with Gasteiger partial charge in [0, 0.05) is 11.1 Å². The zero-order valence-corrected chi connectivity index (χ0v) is 13.8. The van der Waals surface area contributed by atoms with Crippen molar-refractivity contribution in [1.82, 2.24) is 5.32 Å². The van der Waals surface area contributed by atoms with Crippen LogP contribution >= 0.6 is 0 Å². The van der Waals surface area contributed by atoms with E-state index in [2.05, 4.69) is 5.32 Å². The molecule has 0 saturated carbocycles. The molecule has 0 aromatic heterocycles. The molecule has 3 fully saturated rings. The molecule has 6 atom stereocenters. The Morgan fingerprint density at radius 1 is 0.640 bits per heavy atom. The van der Waals surface area contributed by atoms with Gasteiger partial charge in [-0.15, -0.1) is 0 Å². The predicted molar refractivity (Wildman–Crippen MR) is 90.7 cm³/mol. The van der Waals surface area contributed by atoms with Gasteiger partial charge < -0.3 is 24.3 Å². The van der Waals surface area contributed by atoms with Crippen LogP contribution in [0.3, 0.4) is 0 Å². The second kappa shape index (κ2) is 6.52. The molecule has 0 bridgehead atoms. The molecule has 6 unspecified atom stereocenters. The van der Waals surface area contributed by atoms with Gasteiger partial charge in [-0.3, -0.25) is 0 Å². The van der Waals surface area contributed by atoms with Gasteiger partial charge in [0.2, 0.25) is 0 Å². The van der Waals surface area contributed by atoms with Crippen molar-refractivity contribution in [3.8, 4) is 0 Å². The number of nitrogens with one attached hydrogen (secondary N) is 1. The first-order valence-corrected chi connectivity index (χ1v) is 8.78. The fourth-order valence-corrected chi connectivity index (χ4v) is 3.87. The third-order valence-corrected chi connectivity index (χ3v) is 5.10. The van der Waals surface area contributed by atoms with E-state index in [0.29, 0.717) is 13.2 Å².